The summed E-state index contributed by atoms with van der Waals surface area (Å²) in [6.07, 6.45) is 7.00. The monoisotopic (exact) mass is 247 g/mol. The predicted molar refractivity (Wildman–Crippen MR) is 67.2 cm³/mol. The Bertz CT molecular complexity index is 585. The molecule has 1 aromatic rings. The summed E-state index contributed by atoms with van der Waals surface area (Å²) >= 11 is 0. The summed E-state index contributed by atoms with van der Waals surface area (Å²) in [5.41, 5.74) is -0.872. The number of H-pyrrole nitrogens is 1. The minimum atomic E-state index is -0.601. The summed E-state index contributed by atoms with van der Waals surface area (Å²) in [4.78, 5) is 25.3. The third-order valence-electron chi connectivity index (χ3n) is 4.05. The number of nitriles is 1. The number of hydrogen-bond acceptors (Lipinski definition) is 3. The van der Waals surface area contributed by atoms with Gasteiger partial charge < -0.3 is 0 Å². The molecule has 1 N–H and O–H groups in total. The Hall–Kier alpha value is -1.83. The van der Waals surface area contributed by atoms with Gasteiger partial charge in [-0.2, -0.15) is 5.26 Å². The van der Waals surface area contributed by atoms with Gasteiger partial charge in [0.25, 0.3) is 5.56 Å². The number of hydrogen-bond donors (Lipinski definition) is 1. The van der Waals surface area contributed by atoms with Crippen LogP contribution in [0.2, 0.25) is 0 Å². The summed E-state index contributed by atoms with van der Waals surface area (Å²) in [5, 5.41) is 8.83. The van der Waals surface area contributed by atoms with Gasteiger partial charge in [0.05, 0.1) is 0 Å². The first kappa shape index (κ1) is 12.6. The fourth-order valence-electron chi connectivity index (χ4n) is 2.82. The Labute approximate surface area is 105 Å². The molecule has 0 amide bonds. The van der Waals surface area contributed by atoms with Gasteiger partial charge in [-0.15, -0.1) is 0 Å². The van der Waals surface area contributed by atoms with E-state index in [0.717, 1.165) is 19.3 Å². The van der Waals surface area contributed by atoms with Crippen molar-refractivity contribution < 1.29 is 0 Å². The maximum Gasteiger partial charge on any atom is 0.328 e. The molecule has 0 bridgehead atoms. The molecule has 96 valence electrons. The molecule has 1 aliphatic carbocycles. The van der Waals surface area contributed by atoms with Gasteiger partial charge in [0.2, 0.25) is 0 Å². The molecular weight excluding hydrogens is 230 g/mol. The van der Waals surface area contributed by atoms with E-state index in [-0.39, 0.29) is 11.0 Å². The van der Waals surface area contributed by atoms with E-state index in [1.807, 2.05) is 6.07 Å². The van der Waals surface area contributed by atoms with Crippen LogP contribution in [0.3, 0.4) is 0 Å². The molecule has 0 spiro atoms. The van der Waals surface area contributed by atoms with Gasteiger partial charge in [0.1, 0.15) is 11.6 Å². The molecule has 0 unspecified atom stereocenters. The molecule has 1 aromatic heterocycles. The van der Waals surface area contributed by atoms with Crippen molar-refractivity contribution in [2.45, 2.75) is 45.6 Å². The van der Waals surface area contributed by atoms with Crippen molar-refractivity contribution in [1.29, 1.82) is 5.26 Å². The summed E-state index contributed by atoms with van der Waals surface area (Å²) in [7, 11) is 0. The van der Waals surface area contributed by atoms with Crippen LogP contribution in [0.15, 0.2) is 15.8 Å². The number of aromatic amines is 1. The molecule has 0 atom stereocenters. The average Bonchev–Trinajstić information content (AvgIpc) is 2.82. The van der Waals surface area contributed by atoms with Gasteiger partial charge in [0, 0.05) is 12.7 Å². The quantitative estimate of drug-likeness (QED) is 0.876. The van der Waals surface area contributed by atoms with E-state index in [2.05, 4.69) is 11.9 Å². The van der Waals surface area contributed by atoms with Crippen LogP contribution in [-0.2, 0) is 6.54 Å². The summed E-state index contributed by atoms with van der Waals surface area (Å²) in [5.74, 6) is 0. The van der Waals surface area contributed by atoms with Crippen molar-refractivity contribution in [3.05, 3.63) is 32.6 Å². The van der Waals surface area contributed by atoms with Gasteiger partial charge in [-0.1, -0.05) is 19.8 Å². The van der Waals surface area contributed by atoms with E-state index in [4.69, 9.17) is 5.26 Å². The fourth-order valence-corrected chi connectivity index (χ4v) is 2.82. The second-order valence-corrected chi connectivity index (χ2v) is 5.10. The first-order valence-corrected chi connectivity index (χ1v) is 6.34. The first-order valence-electron chi connectivity index (χ1n) is 6.34. The molecule has 0 saturated heterocycles. The Morgan fingerprint density at radius 2 is 2.11 bits per heavy atom. The van der Waals surface area contributed by atoms with E-state index in [1.165, 1.54) is 23.6 Å². The molecule has 5 heteroatoms. The molecular formula is C13H17N3O2. The summed E-state index contributed by atoms with van der Waals surface area (Å²) < 4.78 is 1.48. The minimum Gasteiger partial charge on any atom is -0.299 e. The molecule has 18 heavy (non-hydrogen) atoms. The minimum absolute atomic E-state index is 0.00106. The summed E-state index contributed by atoms with van der Waals surface area (Å²) in [6, 6.07) is 1.81. The van der Waals surface area contributed by atoms with E-state index in [9.17, 15) is 9.59 Å². The predicted octanol–water partition coefficient (Wildman–Crippen LogP) is 1.38. The van der Waals surface area contributed by atoms with Crippen LogP contribution in [0.4, 0.5) is 0 Å². The van der Waals surface area contributed by atoms with Gasteiger partial charge in [-0.3, -0.25) is 14.3 Å². The molecule has 1 aliphatic rings. The molecule has 2 rings (SSSR count). The molecule has 1 saturated carbocycles. The zero-order valence-corrected chi connectivity index (χ0v) is 10.5. The standard InChI is InChI=1S/C13H17N3O2/c1-2-13(5-3-4-6-13)9-16-8-10(7-14)11(17)15-12(16)18/h8H,2-6,9H2,1H3,(H,15,17,18). The van der Waals surface area contributed by atoms with Crippen molar-refractivity contribution in [1.82, 2.24) is 9.55 Å². The van der Waals surface area contributed by atoms with Gasteiger partial charge in [-0.25, -0.2) is 4.79 Å². The van der Waals surface area contributed by atoms with Crippen molar-refractivity contribution in [2.75, 3.05) is 0 Å². The molecule has 0 aliphatic heterocycles. The van der Waals surface area contributed by atoms with E-state index >= 15 is 0 Å². The van der Waals surface area contributed by atoms with Gasteiger partial charge >= 0.3 is 5.69 Å². The fraction of sp³-hybridized carbons (Fsp3) is 0.615. The molecule has 0 aromatic carbocycles. The van der Waals surface area contributed by atoms with Crippen molar-refractivity contribution >= 4 is 0 Å². The van der Waals surface area contributed by atoms with Crippen molar-refractivity contribution in [2.24, 2.45) is 5.41 Å². The summed E-state index contributed by atoms with van der Waals surface area (Å²) in [6.45, 7) is 2.72. The molecule has 0 radical (unpaired) electrons. The van der Waals surface area contributed by atoms with Crippen LogP contribution in [-0.4, -0.2) is 9.55 Å². The zero-order valence-electron chi connectivity index (χ0n) is 10.5. The molecule has 5 nitrogen and oxygen atoms in total. The van der Waals surface area contributed by atoms with Gasteiger partial charge in [-0.05, 0) is 24.7 Å². The lowest BCUT2D eigenvalue weighted by Gasteiger charge is -2.28. The maximum absolute atomic E-state index is 11.8. The number of rotatable bonds is 3. The van der Waals surface area contributed by atoms with E-state index in [1.54, 1.807) is 0 Å². The number of nitrogens with zero attached hydrogens (tertiary/aromatic N) is 2. The van der Waals surface area contributed by atoms with Crippen LogP contribution in [0, 0.1) is 16.7 Å². The van der Waals surface area contributed by atoms with Crippen LogP contribution < -0.4 is 11.2 Å². The smallest absolute Gasteiger partial charge is 0.299 e. The molecule has 1 fully saturated rings. The van der Waals surface area contributed by atoms with E-state index in [0.29, 0.717) is 6.54 Å². The van der Waals surface area contributed by atoms with Crippen LogP contribution in [0.25, 0.3) is 0 Å². The normalized spacial score (nSPS) is 17.6. The highest BCUT2D eigenvalue weighted by Crippen LogP contribution is 2.41. The lowest BCUT2D eigenvalue weighted by atomic mass is 9.83. The van der Waals surface area contributed by atoms with Crippen LogP contribution >= 0.6 is 0 Å². The number of aromatic nitrogens is 2. The second-order valence-electron chi connectivity index (χ2n) is 5.10. The molecule has 1 heterocycles. The Morgan fingerprint density at radius 3 is 2.67 bits per heavy atom. The lowest BCUT2D eigenvalue weighted by molar-refractivity contribution is 0.232. The van der Waals surface area contributed by atoms with Crippen molar-refractivity contribution in [3.63, 3.8) is 0 Å². The highest BCUT2D eigenvalue weighted by atomic mass is 16.2. The lowest BCUT2D eigenvalue weighted by Crippen LogP contribution is -2.35. The Kier molecular flexibility index (Phi) is 3.37. The van der Waals surface area contributed by atoms with Crippen molar-refractivity contribution in [3.8, 4) is 6.07 Å². The van der Waals surface area contributed by atoms with Gasteiger partial charge in [0.15, 0.2) is 0 Å². The zero-order chi connectivity index (χ0) is 13.2. The Morgan fingerprint density at radius 1 is 1.44 bits per heavy atom. The highest BCUT2D eigenvalue weighted by molar-refractivity contribution is 5.21. The van der Waals surface area contributed by atoms with E-state index < -0.39 is 11.2 Å². The second kappa shape index (κ2) is 4.81. The first-order chi connectivity index (χ1) is 8.60. The van der Waals surface area contributed by atoms with Crippen LogP contribution in [0.5, 0.6) is 0 Å². The SMILES string of the molecule is CCC1(Cn2cc(C#N)c(=O)[nH]c2=O)CCCC1. The largest absolute Gasteiger partial charge is 0.328 e. The average molecular weight is 247 g/mol. The third kappa shape index (κ3) is 2.23. The van der Waals surface area contributed by atoms with Crippen LogP contribution in [0.1, 0.15) is 44.6 Å². The Balaban J connectivity index is 2.37. The highest BCUT2D eigenvalue weighted by Gasteiger charge is 2.32. The topological polar surface area (TPSA) is 78.7 Å². The number of nitrogens with one attached hydrogen (secondary N) is 1. The maximum atomic E-state index is 11.8. The third-order valence-corrected chi connectivity index (χ3v) is 4.05.